The summed E-state index contributed by atoms with van der Waals surface area (Å²) >= 11 is 3.43. The smallest absolute Gasteiger partial charge is 0.305 e. The first-order chi connectivity index (χ1) is 10.1. The van der Waals surface area contributed by atoms with Crippen molar-refractivity contribution in [2.75, 3.05) is 24.3 Å². The number of carboxylic acid groups (broad SMARTS) is 1. The maximum atomic E-state index is 12.7. The van der Waals surface area contributed by atoms with E-state index in [1.807, 2.05) is 30.5 Å². The largest absolute Gasteiger partial charge is 0.481 e. The molecule has 6 heteroatoms. The Morgan fingerprint density at radius 3 is 3.00 bits per heavy atom. The Hall–Kier alpha value is -1.14. The molecular formula is C15H19NO3S2. The Balaban J connectivity index is 2.16. The standard InChI is InChI=1S/C15H19NO3S2/c1-20-9-11-3-2-4-12(7-11)15(19)16-5-6-21-10-13(16)8-14(17)18/h2-4,7,13H,5-6,8-10H2,1H3,(H,17,18). The number of carbonyl (C=O) groups excluding carboxylic acids is 1. The molecule has 21 heavy (non-hydrogen) atoms. The summed E-state index contributed by atoms with van der Waals surface area (Å²) in [5.41, 5.74) is 1.78. The highest BCUT2D eigenvalue weighted by Crippen LogP contribution is 2.22. The average Bonchev–Trinajstić information content (AvgIpc) is 2.47. The number of aliphatic carboxylic acids is 1. The van der Waals surface area contributed by atoms with Crippen LogP contribution >= 0.6 is 23.5 Å². The van der Waals surface area contributed by atoms with Crippen molar-refractivity contribution in [2.45, 2.75) is 18.2 Å². The van der Waals surface area contributed by atoms with Crippen molar-refractivity contribution in [3.63, 3.8) is 0 Å². The highest BCUT2D eigenvalue weighted by atomic mass is 32.2. The zero-order valence-corrected chi connectivity index (χ0v) is 13.6. The number of hydrogen-bond donors (Lipinski definition) is 1. The molecule has 4 nitrogen and oxygen atoms in total. The van der Waals surface area contributed by atoms with E-state index in [-0.39, 0.29) is 18.4 Å². The van der Waals surface area contributed by atoms with Gasteiger partial charge in [-0.1, -0.05) is 12.1 Å². The van der Waals surface area contributed by atoms with Gasteiger partial charge in [0, 0.05) is 29.4 Å². The van der Waals surface area contributed by atoms with E-state index in [1.165, 1.54) is 0 Å². The van der Waals surface area contributed by atoms with E-state index < -0.39 is 5.97 Å². The zero-order chi connectivity index (χ0) is 15.2. The van der Waals surface area contributed by atoms with E-state index in [0.29, 0.717) is 17.9 Å². The van der Waals surface area contributed by atoms with E-state index in [9.17, 15) is 9.59 Å². The van der Waals surface area contributed by atoms with Gasteiger partial charge in [-0.3, -0.25) is 9.59 Å². The van der Waals surface area contributed by atoms with Crippen LogP contribution in [0, 0.1) is 0 Å². The summed E-state index contributed by atoms with van der Waals surface area (Å²) in [6.07, 6.45) is 2.04. The van der Waals surface area contributed by atoms with Crippen LogP contribution in [0.15, 0.2) is 24.3 Å². The van der Waals surface area contributed by atoms with Crippen molar-refractivity contribution in [3.05, 3.63) is 35.4 Å². The van der Waals surface area contributed by atoms with Crippen LogP contribution in [0.25, 0.3) is 0 Å². The van der Waals surface area contributed by atoms with Crippen LogP contribution in [0.1, 0.15) is 22.3 Å². The minimum Gasteiger partial charge on any atom is -0.481 e. The maximum Gasteiger partial charge on any atom is 0.305 e. The SMILES string of the molecule is CSCc1cccc(C(=O)N2CCSCC2CC(=O)O)c1. The van der Waals surface area contributed by atoms with Gasteiger partial charge in [-0.15, -0.1) is 0 Å². The fourth-order valence-corrected chi connectivity index (χ4v) is 3.99. The van der Waals surface area contributed by atoms with Crippen LogP contribution in [0.2, 0.25) is 0 Å². The molecule has 1 aliphatic rings. The number of nitrogens with zero attached hydrogens (tertiary/aromatic N) is 1. The van der Waals surface area contributed by atoms with Crippen molar-refractivity contribution in [1.82, 2.24) is 4.90 Å². The molecule has 1 unspecified atom stereocenters. The topological polar surface area (TPSA) is 57.6 Å². The second-order valence-corrected chi connectivity index (χ2v) is 6.97. The van der Waals surface area contributed by atoms with Crippen molar-refractivity contribution in [2.24, 2.45) is 0 Å². The third-order valence-corrected chi connectivity index (χ3v) is 5.10. The molecule has 1 aromatic rings. The number of amides is 1. The van der Waals surface area contributed by atoms with Gasteiger partial charge in [0.25, 0.3) is 5.91 Å². The molecule has 0 saturated carbocycles. The van der Waals surface area contributed by atoms with E-state index in [0.717, 1.165) is 17.1 Å². The Morgan fingerprint density at radius 2 is 2.29 bits per heavy atom. The number of thioether (sulfide) groups is 2. The Kier molecular flexibility index (Phi) is 5.99. The third kappa shape index (κ3) is 4.41. The van der Waals surface area contributed by atoms with E-state index in [4.69, 9.17) is 5.11 Å². The minimum absolute atomic E-state index is 0.0171. The predicted octanol–water partition coefficient (Wildman–Crippen LogP) is 2.58. The lowest BCUT2D eigenvalue weighted by Crippen LogP contribution is -2.47. The lowest BCUT2D eigenvalue weighted by Gasteiger charge is -2.34. The molecule has 1 amide bonds. The molecule has 0 aromatic heterocycles. The van der Waals surface area contributed by atoms with Crippen LogP contribution in [0.5, 0.6) is 0 Å². The Morgan fingerprint density at radius 1 is 1.48 bits per heavy atom. The van der Waals surface area contributed by atoms with Gasteiger partial charge in [0.15, 0.2) is 0 Å². The molecule has 0 bridgehead atoms. The van der Waals surface area contributed by atoms with Gasteiger partial charge in [-0.05, 0) is 24.0 Å². The number of benzene rings is 1. The molecule has 1 aliphatic heterocycles. The Bertz CT molecular complexity index is 521. The lowest BCUT2D eigenvalue weighted by atomic mass is 10.1. The average molecular weight is 325 g/mol. The molecule has 1 N–H and O–H groups in total. The van der Waals surface area contributed by atoms with Gasteiger partial charge in [-0.25, -0.2) is 0 Å². The molecule has 2 rings (SSSR count). The normalized spacial score (nSPS) is 18.5. The first kappa shape index (κ1) is 16.2. The first-order valence-corrected chi connectivity index (χ1v) is 9.35. The summed E-state index contributed by atoms with van der Waals surface area (Å²) in [6, 6.07) is 7.42. The summed E-state index contributed by atoms with van der Waals surface area (Å²) in [6.45, 7) is 0.619. The number of carboxylic acids is 1. The van der Waals surface area contributed by atoms with Crippen LogP contribution in [0.3, 0.4) is 0 Å². The molecule has 1 aromatic carbocycles. The summed E-state index contributed by atoms with van der Waals surface area (Å²) in [5, 5.41) is 9.00. The predicted molar refractivity (Wildman–Crippen MR) is 88.1 cm³/mol. The van der Waals surface area contributed by atoms with Gasteiger partial charge in [0.05, 0.1) is 12.5 Å². The van der Waals surface area contributed by atoms with Crippen molar-refractivity contribution < 1.29 is 14.7 Å². The third-order valence-electron chi connectivity index (χ3n) is 3.38. The molecule has 0 spiro atoms. The molecule has 1 saturated heterocycles. The second-order valence-electron chi connectivity index (χ2n) is 4.96. The molecular weight excluding hydrogens is 306 g/mol. The minimum atomic E-state index is -0.851. The summed E-state index contributed by atoms with van der Waals surface area (Å²) in [7, 11) is 0. The summed E-state index contributed by atoms with van der Waals surface area (Å²) in [5.74, 6) is 1.53. The quantitative estimate of drug-likeness (QED) is 0.902. The fraction of sp³-hybridized carbons (Fsp3) is 0.467. The molecule has 1 fully saturated rings. The molecule has 1 heterocycles. The highest BCUT2D eigenvalue weighted by Gasteiger charge is 2.29. The summed E-state index contributed by atoms with van der Waals surface area (Å²) < 4.78 is 0. The lowest BCUT2D eigenvalue weighted by molar-refractivity contribution is -0.138. The van der Waals surface area contributed by atoms with Crippen LogP contribution in [0.4, 0.5) is 0 Å². The maximum absolute atomic E-state index is 12.7. The van der Waals surface area contributed by atoms with Gasteiger partial charge in [0.1, 0.15) is 0 Å². The van der Waals surface area contributed by atoms with Gasteiger partial charge >= 0.3 is 5.97 Å². The number of carbonyl (C=O) groups is 2. The van der Waals surface area contributed by atoms with Gasteiger partial charge < -0.3 is 10.0 Å². The van der Waals surface area contributed by atoms with E-state index in [1.54, 1.807) is 28.4 Å². The van der Waals surface area contributed by atoms with Crippen LogP contribution < -0.4 is 0 Å². The van der Waals surface area contributed by atoms with Gasteiger partial charge in [-0.2, -0.15) is 23.5 Å². The van der Waals surface area contributed by atoms with Gasteiger partial charge in [0.2, 0.25) is 0 Å². The molecule has 0 aliphatic carbocycles. The zero-order valence-electron chi connectivity index (χ0n) is 11.9. The monoisotopic (exact) mass is 325 g/mol. The molecule has 0 radical (unpaired) electrons. The van der Waals surface area contributed by atoms with E-state index in [2.05, 4.69) is 0 Å². The van der Waals surface area contributed by atoms with E-state index >= 15 is 0 Å². The van der Waals surface area contributed by atoms with Crippen LogP contribution in [-0.2, 0) is 10.5 Å². The van der Waals surface area contributed by atoms with Crippen molar-refractivity contribution >= 4 is 35.4 Å². The summed E-state index contributed by atoms with van der Waals surface area (Å²) in [4.78, 5) is 25.4. The first-order valence-electron chi connectivity index (χ1n) is 6.80. The Labute approximate surface area is 133 Å². The fourth-order valence-electron chi connectivity index (χ4n) is 2.42. The van der Waals surface area contributed by atoms with Crippen molar-refractivity contribution in [3.8, 4) is 0 Å². The molecule has 1 atom stereocenters. The highest BCUT2D eigenvalue weighted by molar-refractivity contribution is 7.99. The molecule has 114 valence electrons. The number of rotatable bonds is 5. The van der Waals surface area contributed by atoms with Crippen molar-refractivity contribution in [1.29, 1.82) is 0 Å². The second kappa shape index (κ2) is 7.75. The number of hydrogen-bond acceptors (Lipinski definition) is 4. The van der Waals surface area contributed by atoms with Crippen LogP contribution in [-0.4, -0.2) is 52.2 Å².